The summed E-state index contributed by atoms with van der Waals surface area (Å²) in [6.07, 6.45) is 0.533. The standard InChI is InChI=1S/C15H21BrN2O/c1-13-4-2-3-5-14(13)12-15(19)18-10-8-17(7-6-16)9-11-18/h2-5H,6-12H2,1H3. The molecule has 1 aromatic rings. The van der Waals surface area contributed by atoms with Gasteiger partial charge in [-0.2, -0.15) is 0 Å². The van der Waals surface area contributed by atoms with E-state index in [0.29, 0.717) is 6.42 Å². The molecule has 104 valence electrons. The highest BCUT2D eigenvalue weighted by molar-refractivity contribution is 9.09. The van der Waals surface area contributed by atoms with Crippen LogP contribution < -0.4 is 0 Å². The van der Waals surface area contributed by atoms with Crippen LogP contribution in [0.5, 0.6) is 0 Å². The zero-order chi connectivity index (χ0) is 13.7. The summed E-state index contributed by atoms with van der Waals surface area (Å²) in [5.41, 5.74) is 2.35. The second-order valence-corrected chi connectivity index (χ2v) is 5.81. The van der Waals surface area contributed by atoms with E-state index in [1.54, 1.807) is 0 Å². The van der Waals surface area contributed by atoms with Gasteiger partial charge in [-0.15, -0.1) is 0 Å². The summed E-state index contributed by atoms with van der Waals surface area (Å²) < 4.78 is 0. The minimum atomic E-state index is 0.257. The van der Waals surface area contributed by atoms with Gasteiger partial charge in [0.1, 0.15) is 0 Å². The van der Waals surface area contributed by atoms with Crippen LogP contribution in [0.4, 0.5) is 0 Å². The number of hydrogen-bond acceptors (Lipinski definition) is 2. The van der Waals surface area contributed by atoms with Crippen LogP contribution >= 0.6 is 15.9 Å². The van der Waals surface area contributed by atoms with Gasteiger partial charge in [-0.1, -0.05) is 40.2 Å². The van der Waals surface area contributed by atoms with Crippen molar-refractivity contribution in [2.75, 3.05) is 38.1 Å². The average Bonchev–Trinajstić information content (AvgIpc) is 2.42. The molecule has 2 rings (SSSR count). The Morgan fingerprint density at radius 2 is 1.89 bits per heavy atom. The van der Waals surface area contributed by atoms with Crippen LogP contribution in [0.1, 0.15) is 11.1 Å². The first-order valence-corrected chi connectivity index (χ1v) is 7.93. The molecule has 1 fully saturated rings. The summed E-state index contributed by atoms with van der Waals surface area (Å²) in [6, 6.07) is 8.14. The average molecular weight is 325 g/mol. The second kappa shape index (κ2) is 7.06. The Hall–Kier alpha value is -0.870. The fourth-order valence-electron chi connectivity index (χ4n) is 2.42. The van der Waals surface area contributed by atoms with Crippen LogP contribution in [-0.4, -0.2) is 53.8 Å². The third-order valence-corrected chi connectivity index (χ3v) is 4.08. The molecule has 0 radical (unpaired) electrons. The molecule has 0 saturated carbocycles. The Bertz CT molecular complexity index is 428. The Balaban J connectivity index is 1.87. The fraction of sp³-hybridized carbons (Fsp3) is 0.533. The number of carbonyl (C=O) groups is 1. The Morgan fingerprint density at radius 1 is 1.21 bits per heavy atom. The van der Waals surface area contributed by atoms with Gasteiger partial charge in [-0.25, -0.2) is 0 Å². The highest BCUT2D eigenvalue weighted by Gasteiger charge is 2.20. The lowest BCUT2D eigenvalue weighted by atomic mass is 10.1. The number of nitrogens with zero attached hydrogens (tertiary/aromatic N) is 2. The normalized spacial score (nSPS) is 16.6. The van der Waals surface area contributed by atoms with Crippen LogP contribution in [0, 0.1) is 6.92 Å². The molecule has 0 atom stereocenters. The summed E-state index contributed by atoms with van der Waals surface area (Å²) in [7, 11) is 0. The third-order valence-electron chi connectivity index (χ3n) is 3.73. The van der Waals surface area contributed by atoms with Crippen molar-refractivity contribution in [3.8, 4) is 0 Å². The number of benzene rings is 1. The third kappa shape index (κ3) is 4.05. The highest BCUT2D eigenvalue weighted by Crippen LogP contribution is 2.11. The monoisotopic (exact) mass is 324 g/mol. The van der Waals surface area contributed by atoms with Gasteiger partial charge in [0.15, 0.2) is 0 Å². The maximum Gasteiger partial charge on any atom is 0.227 e. The molecule has 1 saturated heterocycles. The van der Waals surface area contributed by atoms with Gasteiger partial charge in [0.25, 0.3) is 0 Å². The van der Waals surface area contributed by atoms with E-state index in [9.17, 15) is 4.79 Å². The van der Waals surface area contributed by atoms with E-state index < -0.39 is 0 Å². The summed E-state index contributed by atoms with van der Waals surface area (Å²) in [5.74, 6) is 0.257. The summed E-state index contributed by atoms with van der Waals surface area (Å²) in [6.45, 7) is 6.84. The van der Waals surface area contributed by atoms with Crippen molar-refractivity contribution in [1.82, 2.24) is 9.80 Å². The molecule has 4 heteroatoms. The summed E-state index contributed by atoms with van der Waals surface area (Å²) in [5, 5.41) is 1.00. The zero-order valence-electron chi connectivity index (χ0n) is 11.4. The van der Waals surface area contributed by atoms with Crippen molar-refractivity contribution in [2.45, 2.75) is 13.3 Å². The van der Waals surface area contributed by atoms with E-state index in [1.807, 2.05) is 23.1 Å². The maximum absolute atomic E-state index is 12.3. The predicted octanol–water partition coefficient (Wildman–Crippen LogP) is 2.08. The van der Waals surface area contributed by atoms with Crippen LogP contribution in [0.2, 0.25) is 0 Å². The van der Waals surface area contributed by atoms with E-state index in [0.717, 1.165) is 43.6 Å². The lowest BCUT2D eigenvalue weighted by Crippen LogP contribution is -2.49. The number of piperazine rings is 1. The minimum absolute atomic E-state index is 0.257. The van der Waals surface area contributed by atoms with E-state index in [-0.39, 0.29) is 5.91 Å². The van der Waals surface area contributed by atoms with E-state index in [1.165, 1.54) is 5.56 Å². The van der Waals surface area contributed by atoms with Gasteiger partial charge in [-0.3, -0.25) is 9.69 Å². The Morgan fingerprint density at radius 3 is 2.53 bits per heavy atom. The van der Waals surface area contributed by atoms with Crippen molar-refractivity contribution in [1.29, 1.82) is 0 Å². The first-order valence-electron chi connectivity index (χ1n) is 6.81. The molecule has 3 nitrogen and oxygen atoms in total. The molecular weight excluding hydrogens is 304 g/mol. The molecule has 0 aliphatic carbocycles. The SMILES string of the molecule is Cc1ccccc1CC(=O)N1CCN(CCBr)CC1. The Kier molecular flexibility index (Phi) is 5.40. The first-order chi connectivity index (χ1) is 9.20. The molecule has 1 aliphatic rings. The molecule has 19 heavy (non-hydrogen) atoms. The summed E-state index contributed by atoms with van der Waals surface area (Å²) in [4.78, 5) is 16.7. The molecule has 1 aromatic carbocycles. The predicted molar refractivity (Wildman–Crippen MR) is 81.7 cm³/mol. The molecule has 0 N–H and O–H groups in total. The number of halogens is 1. The smallest absolute Gasteiger partial charge is 0.227 e. The van der Waals surface area contributed by atoms with Crippen LogP contribution in [0.3, 0.4) is 0 Å². The molecular formula is C15H21BrN2O. The first kappa shape index (κ1) is 14.5. The number of hydrogen-bond donors (Lipinski definition) is 0. The lowest BCUT2D eigenvalue weighted by molar-refractivity contribution is -0.132. The van der Waals surface area contributed by atoms with Gasteiger partial charge in [-0.05, 0) is 18.1 Å². The lowest BCUT2D eigenvalue weighted by Gasteiger charge is -2.34. The van der Waals surface area contributed by atoms with Crippen molar-refractivity contribution in [3.05, 3.63) is 35.4 Å². The van der Waals surface area contributed by atoms with E-state index in [4.69, 9.17) is 0 Å². The van der Waals surface area contributed by atoms with Gasteiger partial charge in [0.05, 0.1) is 6.42 Å². The van der Waals surface area contributed by atoms with E-state index >= 15 is 0 Å². The fourth-order valence-corrected chi connectivity index (χ4v) is 2.93. The maximum atomic E-state index is 12.3. The van der Waals surface area contributed by atoms with Gasteiger partial charge >= 0.3 is 0 Å². The van der Waals surface area contributed by atoms with Gasteiger partial charge in [0, 0.05) is 38.1 Å². The van der Waals surface area contributed by atoms with Crippen LogP contribution in [-0.2, 0) is 11.2 Å². The van der Waals surface area contributed by atoms with Gasteiger partial charge in [0.2, 0.25) is 5.91 Å². The van der Waals surface area contributed by atoms with Crippen molar-refractivity contribution in [3.63, 3.8) is 0 Å². The molecule has 1 aliphatic heterocycles. The molecule has 0 spiro atoms. The molecule has 0 unspecified atom stereocenters. The molecule has 1 heterocycles. The highest BCUT2D eigenvalue weighted by atomic mass is 79.9. The largest absolute Gasteiger partial charge is 0.340 e. The van der Waals surface area contributed by atoms with Crippen molar-refractivity contribution in [2.24, 2.45) is 0 Å². The number of rotatable bonds is 4. The molecule has 0 aromatic heterocycles. The Labute approximate surface area is 123 Å². The number of carbonyl (C=O) groups excluding carboxylic acids is 1. The van der Waals surface area contributed by atoms with Crippen LogP contribution in [0.25, 0.3) is 0 Å². The topological polar surface area (TPSA) is 23.6 Å². The van der Waals surface area contributed by atoms with Crippen molar-refractivity contribution >= 4 is 21.8 Å². The summed E-state index contributed by atoms with van der Waals surface area (Å²) >= 11 is 3.46. The molecule has 0 bridgehead atoms. The minimum Gasteiger partial charge on any atom is -0.340 e. The molecule has 1 amide bonds. The number of alkyl halides is 1. The number of amides is 1. The van der Waals surface area contributed by atoms with Gasteiger partial charge < -0.3 is 4.90 Å². The second-order valence-electron chi connectivity index (χ2n) is 5.01. The van der Waals surface area contributed by atoms with E-state index in [2.05, 4.69) is 33.8 Å². The van der Waals surface area contributed by atoms with Crippen LogP contribution in [0.15, 0.2) is 24.3 Å². The zero-order valence-corrected chi connectivity index (χ0v) is 13.0. The quantitative estimate of drug-likeness (QED) is 0.792. The van der Waals surface area contributed by atoms with Crippen molar-refractivity contribution < 1.29 is 4.79 Å². The number of aryl methyl sites for hydroxylation is 1.